The molecule has 3 aromatic rings. The Labute approximate surface area is 195 Å². The molecule has 1 aromatic heterocycles. The summed E-state index contributed by atoms with van der Waals surface area (Å²) in [7, 11) is 5.91. The van der Waals surface area contributed by atoms with E-state index < -0.39 is 0 Å². The lowest BCUT2D eigenvalue weighted by molar-refractivity contribution is 0.251. The summed E-state index contributed by atoms with van der Waals surface area (Å²) in [5, 5.41) is 10.8. The van der Waals surface area contributed by atoms with Gasteiger partial charge in [-0.15, -0.1) is 0 Å². The third-order valence-electron chi connectivity index (χ3n) is 7.68. The van der Waals surface area contributed by atoms with Crippen LogP contribution in [0.2, 0.25) is 0 Å². The highest BCUT2D eigenvalue weighted by atomic mass is 16.1. The molecule has 0 N–H and O–H groups in total. The number of fused-ring (bicyclic) bond motifs is 1. The average Bonchev–Trinajstić information content (AvgIpc) is 3.25. The fourth-order valence-electron chi connectivity index (χ4n) is 5.64. The van der Waals surface area contributed by atoms with Crippen LogP contribution in [-0.4, -0.2) is 44.8 Å². The molecule has 2 saturated heterocycles. The van der Waals surface area contributed by atoms with Crippen molar-refractivity contribution in [3.8, 4) is 6.07 Å². The smallest absolute Gasteiger partial charge is 0.270 e. The molecule has 0 aliphatic carbocycles. The number of nitrogens with zero attached hydrogens (tertiary/aromatic N) is 5. The lowest BCUT2D eigenvalue weighted by atomic mass is 9.77. The molecule has 3 heterocycles. The second-order valence-electron chi connectivity index (χ2n) is 9.79. The van der Waals surface area contributed by atoms with Crippen molar-refractivity contribution in [2.24, 2.45) is 12.5 Å². The Bertz CT molecular complexity index is 1290. The number of nitriles is 1. The molecule has 0 radical (unpaired) electrons. The van der Waals surface area contributed by atoms with Crippen molar-refractivity contribution in [2.75, 3.05) is 55.0 Å². The third-order valence-corrected chi connectivity index (χ3v) is 7.68. The van der Waals surface area contributed by atoms with Gasteiger partial charge in [-0.3, -0.25) is 4.79 Å². The minimum atomic E-state index is -0.209. The standard InChI is InChI=1S/C27H31N5O/c1-29(2)20-7-6-8-21(17-20)32-16-13-27(19-32)11-14-31(15-12-27)25-22-9-4-5-10-24(22)30(3)26(33)23(25)18-28/h4-10,17H,11-16,19H2,1-3H3. The second kappa shape index (κ2) is 8.15. The Morgan fingerprint density at radius 3 is 2.36 bits per heavy atom. The van der Waals surface area contributed by atoms with Crippen molar-refractivity contribution in [3.05, 3.63) is 64.4 Å². The largest absolute Gasteiger partial charge is 0.378 e. The Balaban J connectivity index is 1.39. The number of aryl methyl sites for hydroxylation is 1. The molecule has 2 aliphatic rings. The van der Waals surface area contributed by atoms with Gasteiger partial charge in [-0.1, -0.05) is 24.3 Å². The number of rotatable bonds is 3. The van der Waals surface area contributed by atoms with Crippen LogP contribution in [0.4, 0.5) is 17.1 Å². The van der Waals surface area contributed by atoms with Crippen LogP contribution in [0.5, 0.6) is 0 Å². The van der Waals surface area contributed by atoms with E-state index in [4.69, 9.17) is 0 Å². The SMILES string of the molecule is CN(C)c1cccc(N2CCC3(CCN(c4c(C#N)c(=O)n(C)c5ccccc45)CC3)C2)c1. The number of para-hydroxylation sites is 1. The van der Waals surface area contributed by atoms with Crippen LogP contribution in [-0.2, 0) is 7.05 Å². The van der Waals surface area contributed by atoms with Gasteiger partial charge in [0, 0.05) is 64.1 Å². The van der Waals surface area contributed by atoms with Crippen molar-refractivity contribution in [3.63, 3.8) is 0 Å². The van der Waals surface area contributed by atoms with Crippen LogP contribution in [0.3, 0.4) is 0 Å². The van der Waals surface area contributed by atoms with Crippen LogP contribution >= 0.6 is 0 Å². The Morgan fingerprint density at radius 1 is 0.970 bits per heavy atom. The summed E-state index contributed by atoms with van der Waals surface area (Å²) in [6.07, 6.45) is 3.34. The molecule has 2 aromatic carbocycles. The molecule has 0 atom stereocenters. The Hall–Kier alpha value is -3.46. The average molecular weight is 442 g/mol. The summed E-state index contributed by atoms with van der Waals surface area (Å²) < 4.78 is 1.60. The van der Waals surface area contributed by atoms with Crippen LogP contribution in [0.25, 0.3) is 10.9 Å². The highest BCUT2D eigenvalue weighted by molar-refractivity contribution is 5.95. The number of anilines is 3. The fourth-order valence-corrected chi connectivity index (χ4v) is 5.64. The highest BCUT2D eigenvalue weighted by Gasteiger charge is 2.41. The first kappa shape index (κ1) is 21.4. The predicted molar refractivity (Wildman–Crippen MR) is 135 cm³/mol. The van der Waals surface area contributed by atoms with Crippen molar-refractivity contribution in [1.29, 1.82) is 5.26 Å². The van der Waals surface area contributed by atoms with Crippen molar-refractivity contribution >= 4 is 28.0 Å². The van der Waals surface area contributed by atoms with Crippen molar-refractivity contribution in [1.82, 2.24) is 4.57 Å². The van der Waals surface area contributed by atoms with E-state index in [-0.39, 0.29) is 11.1 Å². The predicted octanol–water partition coefficient (Wildman–Crippen LogP) is 3.97. The van der Waals surface area contributed by atoms with Gasteiger partial charge in [-0.25, -0.2) is 0 Å². The molecule has 2 aliphatic heterocycles. The normalized spacial score (nSPS) is 17.5. The topological polar surface area (TPSA) is 55.5 Å². The molecule has 6 heteroatoms. The molecule has 0 saturated carbocycles. The first-order valence-corrected chi connectivity index (χ1v) is 11.7. The summed E-state index contributed by atoms with van der Waals surface area (Å²) in [4.78, 5) is 19.9. The molecule has 2 fully saturated rings. The summed E-state index contributed by atoms with van der Waals surface area (Å²) >= 11 is 0. The number of benzene rings is 2. The number of hydrogen-bond donors (Lipinski definition) is 0. The molecule has 0 bridgehead atoms. The molecule has 33 heavy (non-hydrogen) atoms. The first-order valence-electron chi connectivity index (χ1n) is 11.7. The molecule has 170 valence electrons. The maximum Gasteiger partial charge on any atom is 0.270 e. The summed E-state index contributed by atoms with van der Waals surface area (Å²) in [6, 6.07) is 18.9. The lowest BCUT2D eigenvalue weighted by Crippen LogP contribution is -2.42. The zero-order chi connectivity index (χ0) is 23.2. The quantitative estimate of drug-likeness (QED) is 0.616. The molecule has 5 rings (SSSR count). The van der Waals surface area contributed by atoms with E-state index in [2.05, 4.69) is 59.1 Å². The van der Waals surface area contributed by atoms with Gasteiger partial charge in [0.2, 0.25) is 0 Å². The van der Waals surface area contributed by atoms with Crippen LogP contribution in [0, 0.1) is 16.7 Å². The van der Waals surface area contributed by atoms with Gasteiger partial charge in [-0.05, 0) is 48.9 Å². The summed E-state index contributed by atoms with van der Waals surface area (Å²) in [6.45, 7) is 3.89. The van der Waals surface area contributed by atoms with Gasteiger partial charge in [0.15, 0.2) is 0 Å². The van der Waals surface area contributed by atoms with Crippen LogP contribution in [0.15, 0.2) is 53.3 Å². The number of hydrogen-bond acceptors (Lipinski definition) is 5. The van der Waals surface area contributed by atoms with E-state index in [1.165, 1.54) is 17.8 Å². The van der Waals surface area contributed by atoms with E-state index in [1.807, 2.05) is 24.3 Å². The molecule has 1 spiro atoms. The lowest BCUT2D eigenvalue weighted by Gasteiger charge is -2.41. The Kier molecular flexibility index (Phi) is 5.28. The van der Waals surface area contributed by atoms with Gasteiger partial charge < -0.3 is 19.3 Å². The van der Waals surface area contributed by atoms with Crippen LogP contribution in [0.1, 0.15) is 24.8 Å². The monoisotopic (exact) mass is 441 g/mol. The third kappa shape index (κ3) is 3.62. The summed E-state index contributed by atoms with van der Waals surface area (Å²) in [5.41, 5.74) is 4.58. The zero-order valence-electron chi connectivity index (χ0n) is 19.7. The molecule has 0 unspecified atom stereocenters. The van der Waals surface area contributed by atoms with E-state index >= 15 is 0 Å². The van der Waals surface area contributed by atoms with Crippen molar-refractivity contribution in [2.45, 2.75) is 19.3 Å². The number of pyridine rings is 1. The van der Waals surface area contributed by atoms with E-state index in [1.54, 1.807) is 11.6 Å². The zero-order valence-corrected chi connectivity index (χ0v) is 19.7. The van der Waals surface area contributed by atoms with E-state index in [0.29, 0.717) is 5.41 Å². The van der Waals surface area contributed by atoms with Crippen LogP contribution < -0.4 is 20.3 Å². The minimum Gasteiger partial charge on any atom is -0.378 e. The molecular formula is C27H31N5O. The molecule has 6 nitrogen and oxygen atoms in total. The maximum atomic E-state index is 12.9. The van der Waals surface area contributed by atoms with E-state index in [9.17, 15) is 10.1 Å². The minimum absolute atomic E-state index is 0.209. The summed E-state index contributed by atoms with van der Waals surface area (Å²) in [5.74, 6) is 0. The second-order valence-corrected chi connectivity index (χ2v) is 9.79. The molecular weight excluding hydrogens is 410 g/mol. The van der Waals surface area contributed by atoms with E-state index in [0.717, 1.165) is 55.6 Å². The molecule has 0 amide bonds. The number of piperidine rings is 1. The highest BCUT2D eigenvalue weighted by Crippen LogP contribution is 2.44. The van der Waals surface area contributed by atoms with Gasteiger partial charge >= 0.3 is 0 Å². The number of aromatic nitrogens is 1. The van der Waals surface area contributed by atoms with Crippen molar-refractivity contribution < 1.29 is 0 Å². The first-order chi connectivity index (χ1) is 15.9. The fraction of sp³-hybridized carbons (Fsp3) is 0.407. The van der Waals surface area contributed by atoms with Gasteiger partial charge in [0.25, 0.3) is 5.56 Å². The maximum absolute atomic E-state index is 12.9. The van der Waals surface area contributed by atoms with Gasteiger partial charge in [-0.2, -0.15) is 5.26 Å². The Morgan fingerprint density at radius 2 is 1.67 bits per heavy atom. The van der Waals surface area contributed by atoms with Gasteiger partial charge in [0.05, 0.1) is 11.2 Å². The van der Waals surface area contributed by atoms with Gasteiger partial charge in [0.1, 0.15) is 11.6 Å².